The van der Waals surface area contributed by atoms with E-state index < -0.39 is 9.84 Å². The van der Waals surface area contributed by atoms with Gasteiger partial charge < -0.3 is 4.74 Å². The average Bonchev–Trinajstić information content (AvgIpc) is 3.18. The predicted molar refractivity (Wildman–Crippen MR) is 95.9 cm³/mol. The van der Waals surface area contributed by atoms with Gasteiger partial charge in [0, 0.05) is 36.3 Å². The Hall–Kier alpha value is -2.60. The van der Waals surface area contributed by atoms with E-state index >= 15 is 0 Å². The van der Waals surface area contributed by atoms with E-state index in [1.54, 1.807) is 30.5 Å². The standard InChI is InChI=1S/C19H18N2O3S/c1-13-11-15-12-16(5-8-18(15)24-13)21-10-9-20-19(21)14-3-6-17(7-4-14)25(2,22)23/h3-10,12-13H,11H2,1-2H3. The molecule has 0 aliphatic carbocycles. The lowest BCUT2D eigenvalue weighted by Crippen LogP contribution is -2.05. The highest BCUT2D eigenvalue weighted by atomic mass is 32.2. The largest absolute Gasteiger partial charge is 0.490 e. The molecule has 1 unspecified atom stereocenters. The Balaban J connectivity index is 1.73. The minimum absolute atomic E-state index is 0.205. The van der Waals surface area contributed by atoms with Crippen LogP contribution in [0.2, 0.25) is 0 Å². The Kier molecular flexibility index (Phi) is 3.65. The van der Waals surface area contributed by atoms with Crippen LogP contribution in [-0.2, 0) is 16.3 Å². The molecule has 0 bridgehead atoms. The highest BCUT2D eigenvalue weighted by Crippen LogP contribution is 2.32. The highest BCUT2D eigenvalue weighted by Gasteiger charge is 2.20. The molecule has 2 aromatic carbocycles. The third-order valence-electron chi connectivity index (χ3n) is 4.34. The Labute approximate surface area is 146 Å². The van der Waals surface area contributed by atoms with E-state index in [1.165, 1.54) is 11.8 Å². The van der Waals surface area contributed by atoms with Gasteiger partial charge in [-0.15, -0.1) is 0 Å². The van der Waals surface area contributed by atoms with E-state index in [-0.39, 0.29) is 6.10 Å². The second kappa shape index (κ2) is 5.74. The minimum atomic E-state index is -3.20. The molecule has 1 aliphatic heterocycles. The van der Waals surface area contributed by atoms with Crippen LogP contribution in [0.25, 0.3) is 17.1 Å². The maximum atomic E-state index is 11.6. The van der Waals surface area contributed by atoms with E-state index in [0.717, 1.165) is 29.2 Å². The van der Waals surface area contributed by atoms with Crippen molar-refractivity contribution in [3.63, 3.8) is 0 Å². The topological polar surface area (TPSA) is 61.2 Å². The zero-order chi connectivity index (χ0) is 17.6. The average molecular weight is 354 g/mol. The van der Waals surface area contributed by atoms with Gasteiger partial charge in [0.25, 0.3) is 0 Å². The molecule has 128 valence electrons. The van der Waals surface area contributed by atoms with E-state index in [0.29, 0.717) is 4.90 Å². The molecule has 0 amide bonds. The van der Waals surface area contributed by atoms with Crippen LogP contribution in [0, 0.1) is 0 Å². The number of hydrogen-bond acceptors (Lipinski definition) is 4. The van der Waals surface area contributed by atoms with E-state index in [4.69, 9.17) is 4.74 Å². The summed E-state index contributed by atoms with van der Waals surface area (Å²) in [6.45, 7) is 2.06. The van der Waals surface area contributed by atoms with Gasteiger partial charge in [0.15, 0.2) is 9.84 Å². The molecule has 6 heteroatoms. The second-order valence-corrected chi connectivity index (χ2v) is 8.36. The Bertz CT molecular complexity index is 1040. The van der Waals surface area contributed by atoms with Crippen LogP contribution in [0.15, 0.2) is 59.8 Å². The molecule has 0 fully saturated rings. The minimum Gasteiger partial charge on any atom is -0.490 e. The van der Waals surface area contributed by atoms with Crippen molar-refractivity contribution < 1.29 is 13.2 Å². The maximum Gasteiger partial charge on any atom is 0.175 e. The van der Waals surface area contributed by atoms with Gasteiger partial charge in [-0.3, -0.25) is 4.57 Å². The van der Waals surface area contributed by atoms with Gasteiger partial charge in [-0.25, -0.2) is 13.4 Å². The molecule has 0 spiro atoms. The molecular formula is C19H18N2O3S. The number of nitrogens with zero attached hydrogens (tertiary/aromatic N) is 2. The number of imidazole rings is 1. The Morgan fingerprint density at radius 1 is 1.16 bits per heavy atom. The number of aromatic nitrogens is 2. The highest BCUT2D eigenvalue weighted by molar-refractivity contribution is 7.90. The lowest BCUT2D eigenvalue weighted by Gasteiger charge is -2.10. The molecule has 5 nitrogen and oxygen atoms in total. The zero-order valence-electron chi connectivity index (χ0n) is 14.0. The molecule has 2 heterocycles. The fraction of sp³-hybridized carbons (Fsp3) is 0.211. The van der Waals surface area contributed by atoms with Crippen LogP contribution in [0.4, 0.5) is 0 Å². The molecule has 4 rings (SSSR count). The molecule has 0 radical (unpaired) electrons. The summed E-state index contributed by atoms with van der Waals surface area (Å²) in [6.07, 6.45) is 5.95. The van der Waals surface area contributed by atoms with Crippen molar-refractivity contribution in [2.75, 3.05) is 6.26 Å². The van der Waals surface area contributed by atoms with E-state index in [9.17, 15) is 8.42 Å². The summed E-state index contributed by atoms with van der Waals surface area (Å²) in [5.74, 6) is 1.71. The monoisotopic (exact) mass is 354 g/mol. The number of rotatable bonds is 3. The number of hydrogen-bond donors (Lipinski definition) is 0. The smallest absolute Gasteiger partial charge is 0.175 e. The van der Waals surface area contributed by atoms with Gasteiger partial charge in [0.1, 0.15) is 17.7 Å². The van der Waals surface area contributed by atoms with Crippen LogP contribution in [0.3, 0.4) is 0 Å². The molecule has 1 aliphatic rings. The SMILES string of the molecule is CC1Cc2cc(-n3ccnc3-c3ccc(S(C)(=O)=O)cc3)ccc2O1. The van der Waals surface area contributed by atoms with Crippen molar-refractivity contribution in [1.82, 2.24) is 9.55 Å². The number of fused-ring (bicyclic) bond motifs is 1. The molecule has 0 saturated heterocycles. The summed E-state index contributed by atoms with van der Waals surface area (Å²) >= 11 is 0. The first-order valence-electron chi connectivity index (χ1n) is 8.05. The van der Waals surface area contributed by atoms with Crippen LogP contribution < -0.4 is 4.74 Å². The predicted octanol–water partition coefficient (Wildman–Crippen LogP) is 3.27. The third kappa shape index (κ3) is 2.93. The van der Waals surface area contributed by atoms with Gasteiger partial charge in [-0.05, 0) is 55.0 Å². The van der Waals surface area contributed by atoms with Crippen molar-refractivity contribution in [3.05, 3.63) is 60.4 Å². The quantitative estimate of drug-likeness (QED) is 0.724. The second-order valence-electron chi connectivity index (χ2n) is 6.34. The summed E-state index contributed by atoms with van der Waals surface area (Å²) in [6, 6.07) is 12.9. The Morgan fingerprint density at radius 3 is 2.64 bits per heavy atom. The first-order chi connectivity index (χ1) is 11.9. The molecular weight excluding hydrogens is 336 g/mol. The summed E-state index contributed by atoms with van der Waals surface area (Å²) in [5.41, 5.74) is 3.07. The Morgan fingerprint density at radius 2 is 1.92 bits per heavy atom. The molecule has 0 saturated carbocycles. The third-order valence-corrected chi connectivity index (χ3v) is 5.47. The van der Waals surface area contributed by atoms with Crippen molar-refractivity contribution in [2.24, 2.45) is 0 Å². The van der Waals surface area contributed by atoms with Gasteiger partial charge >= 0.3 is 0 Å². The molecule has 1 aromatic heterocycles. The van der Waals surface area contributed by atoms with Gasteiger partial charge in [0.2, 0.25) is 0 Å². The first-order valence-corrected chi connectivity index (χ1v) is 9.95. The first kappa shape index (κ1) is 15.9. The normalized spacial score (nSPS) is 16.5. The van der Waals surface area contributed by atoms with Gasteiger partial charge in [0.05, 0.1) is 4.90 Å². The lowest BCUT2D eigenvalue weighted by molar-refractivity contribution is 0.254. The maximum absolute atomic E-state index is 11.6. The van der Waals surface area contributed by atoms with Crippen molar-refractivity contribution >= 4 is 9.84 Å². The summed E-state index contributed by atoms with van der Waals surface area (Å²) in [4.78, 5) is 4.75. The summed E-state index contributed by atoms with van der Waals surface area (Å²) in [5, 5.41) is 0. The number of sulfone groups is 1. The summed E-state index contributed by atoms with van der Waals surface area (Å²) < 4.78 is 31.0. The summed E-state index contributed by atoms with van der Waals surface area (Å²) in [7, 11) is -3.20. The zero-order valence-corrected chi connectivity index (χ0v) is 14.8. The van der Waals surface area contributed by atoms with E-state index in [2.05, 4.69) is 18.0 Å². The van der Waals surface area contributed by atoms with Crippen LogP contribution in [0.1, 0.15) is 12.5 Å². The van der Waals surface area contributed by atoms with Crippen molar-refractivity contribution in [2.45, 2.75) is 24.3 Å². The number of benzene rings is 2. The van der Waals surface area contributed by atoms with E-state index in [1.807, 2.05) is 22.9 Å². The van der Waals surface area contributed by atoms with Gasteiger partial charge in [-0.1, -0.05) is 0 Å². The molecule has 0 N–H and O–H groups in total. The lowest BCUT2D eigenvalue weighted by atomic mass is 10.1. The van der Waals surface area contributed by atoms with Crippen molar-refractivity contribution in [1.29, 1.82) is 0 Å². The molecule has 1 atom stereocenters. The van der Waals surface area contributed by atoms with Crippen molar-refractivity contribution in [3.8, 4) is 22.8 Å². The number of ether oxygens (including phenoxy) is 1. The molecule has 25 heavy (non-hydrogen) atoms. The van der Waals surface area contributed by atoms with Crippen LogP contribution in [-0.4, -0.2) is 30.3 Å². The van der Waals surface area contributed by atoms with Crippen LogP contribution in [0.5, 0.6) is 5.75 Å². The van der Waals surface area contributed by atoms with Crippen LogP contribution >= 0.6 is 0 Å². The molecule has 3 aromatic rings. The van der Waals surface area contributed by atoms with Gasteiger partial charge in [-0.2, -0.15) is 0 Å². The fourth-order valence-electron chi connectivity index (χ4n) is 3.13. The fourth-order valence-corrected chi connectivity index (χ4v) is 3.77.